The summed E-state index contributed by atoms with van der Waals surface area (Å²) in [7, 11) is 0. The first-order chi connectivity index (χ1) is 17.4. The van der Waals surface area contributed by atoms with Gasteiger partial charge in [0.1, 0.15) is 0 Å². The lowest BCUT2D eigenvalue weighted by Gasteiger charge is -2.13. The molecule has 2 heteroatoms. The summed E-state index contributed by atoms with van der Waals surface area (Å²) in [6.45, 7) is 0.880. The molecule has 0 aliphatic rings. The number of fused-ring (bicyclic) bond motifs is 1. The van der Waals surface area contributed by atoms with Crippen molar-refractivity contribution < 1.29 is 4.57 Å². The van der Waals surface area contributed by atoms with Gasteiger partial charge in [0.25, 0.3) is 0 Å². The Balaban J connectivity index is 1.53. The number of nitrogens with zero attached hydrogens (tertiary/aromatic N) is 1. The van der Waals surface area contributed by atoms with E-state index in [1.54, 1.807) is 0 Å². The van der Waals surface area contributed by atoms with Crippen molar-refractivity contribution in [3.05, 3.63) is 139 Å². The Labute approximate surface area is 206 Å². The molecule has 6 aromatic rings. The SMILES string of the molecule is c1ccc(-c2cc(-c3ccccc3)[n+](CCc3c[nH]c4ccccc34)c(-c3ccccc3)c2)cc1. The van der Waals surface area contributed by atoms with Gasteiger partial charge in [0.2, 0.25) is 11.4 Å². The van der Waals surface area contributed by atoms with Crippen LogP contribution in [0.1, 0.15) is 5.56 Å². The minimum atomic E-state index is 0.880. The predicted molar refractivity (Wildman–Crippen MR) is 145 cm³/mol. The molecule has 2 aromatic heterocycles. The first-order valence-electron chi connectivity index (χ1n) is 12.2. The molecule has 0 saturated carbocycles. The van der Waals surface area contributed by atoms with E-state index in [0.717, 1.165) is 13.0 Å². The third kappa shape index (κ3) is 4.27. The number of aromatic amines is 1. The number of nitrogens with one attached hydrogen (secondary N) is 1. The lowest BCUT2D eigenvalue weighted by molar-refractivity contribution is -0.674. The monoisotopic (exact) mass is 451 g/mol. The Bertz CT molecular complexity index is 1510. The van der Waals surface area contributed by atoms with E-state index in [-0.39, 0.29) is 0 Å². The van der Waals surface area contributed by atoms with Gasteiger partial charge in [0.05, 0.1) is 0 Å². The summed E-state index contributed by atoms with van der Waals surface area (Å²) in [5, 5.41) is 1.30. The van der Waals surface area contributed by atoms with E-state index < -0.39 is 0 Å². The molecule has 0 aliphatic heterocycles. The lowest BCUT2D eigenvalue weighted by Crippen LogP contribution is -2.40. The first-order valence-corrected chi connectivity index (χ1v) is 12.2. The van der Waals surface area contributed by atoms with Crippen LogP contribution in [0.4, 0.5) is 0 Å². The molecule has 0 atom stereocenters. The van der Waals surface area contributed by atoms with Gasteiger partial charge >= 0.3 is 0 Å². The van der Waals surface area contributed by atoms with Crippen molar-refractivity contribution in [1.82, 2.24) is 4.98 Å². The number of pyridine rings is 1. The van der Waals surface area contributed by atoms with E-state index in [1.807, 2.05) is 0 Å². The molecule has 2 heterocycles. The summed E-state index contributed by atoms with van der Waals surface area (Å²) >= 11 is 0. The Hall–Kier alpha value is -4.43. The maximum atomic E-state index is 3.44. The summed E-state index contributed by atoms with van der Waals surface area (Å²) < 4.78 is 2.48. The highest BCUT2D eigenvalue weighted by molar-refractivity contribution is 5.83. The highest BCUT2D eigenvalue weighted by atomic mass is 15.0. The summed E-state index contributed by atoms with van der Waals surface area (Å²) in [6.07, 6.45) is 3.10. The molecular weight excluding hydrogens is 424 g/mol. The van der Waals surface area contributed by atoms with Crippen LogP contribution in [0.2, 0.25) is 0 Å². The van der Waals surface area contributed by atoms with Crippen molar-refractivity contribution in [2.75, 3.05) is 0 Å². The van der Waals surface area contributed by atoms with Gasteiger partial charge in [-0.05, 0) is 47.0 Å². The van der Waals surface area contributed by atoms with Crippen molar-refractivity contribution in [3.8, 4) is 33.6 Å². The molecule has 2 nitrogen and oxygen atoms in total. The van der Waals surface area contributed by atoms with Crippen LogP contribution in [0.3, 0.4) is 0 Å². The van der Waals surface area contributed by atoms with Gasteiger partial charge in [-0.15, -0.1) is 0 Å². The van der Waals surface area contributed by atoms with Crippen LogP contribution in [0.25, 0.3) is 44.5 Å². The van der Waals surface area contributed by atoms with Crippen molar-refractivity contribution in [1.29, 1.82) is 0 Å². The van der Waals surface area contributed by atoms with E-state index in [1.165, 1.54) is 50.1 Å². The number of aromatic nitrogens is 2. The molecule has 6 rings (SSSR count). The van der Waals surface area contributed by atoms with Gasteiger partial charge in [-0.25, -0.2) is 0 Å². The molecule has 168 valence electrons. The van der Waals surface area contributed by atoms with Gasteiger partial charge in [0.15, 0.2) is 6.54 Å². The van der Waals surface area contributed by atoms with Gasteiger partial charge in [-0.3, -0.25) is 0 Å². The van der Waals surface area contributed by atoms with Crippen molar-refractivity contribution in [3.63, 3.8) is 0 Å². The van der Waals surface area contributed by atoms with Gasteiger partial charge in [0, 0.05) is 46.8 Å². The zero-order chi connectivity index (χ0) is 23.5. The van der Waals surface area contributed by atoms with E-state index in [9.17, 15) is 0 Å². The fraction of sp³-hybridized carbons (Fsp3) is 0.0606. The van der Waals surface area contributed by atoms with Crippen LogP contribution in [-0.4, -0.2) is 4.98 Å². The minimum Gasteiger partial charge on any atom is -0.361 e. The molecule has 0 aliphatic carbocycles. The third-order valence-corrected chi connectivity index (χ3v) is 6.69. The molecule has 0 amide bonds. The van der Waals surface area contributed by atoms with E-state index in [2.05, 4.69) is 143 Å². The number of para-hydroxylation sites is 1. The normalized spacial score (nSPS) is 11.1. The second-order valence-corrected chi connectivity index (χ2v) is 8.87. The highest BCUT2D eigenvalue weighted by Gasteiger charge is 2.23. The number of aryl methyl sites for hydroxylation is 1. The fourth-order valence-electron chi connectivity index (χ4n) is 4.93. The summed E-state index contributed by atoms with van der Waals surface area (Å²) in [6, 6.07) is 45.4. The summed E-state index contributed by atoms with van der Waals surface area (Å²) in [5.41, 5.74) is 9.90. The fourth-order valence-corrected chi connectivity index (χ4v) is 4.93. The predicted octanol–water partition coefficient (Wildman–Crippen LogP) is 7.70. The number of H-pyrrole nitrogens is 1. The van der Waals surface area contributed by atoms with Crippen LogP contribution < -0.4 is 4.57 Å². The summed E-state index contributed by atoms with van der Waals surface area (Å²) in [5.74, 6) is 0. The Morgan fingerprint density at radius 1 is 0.514 bits per heavy atom. The molecule has 1 N–H and O–H groups in total. The number of hydrogen-bond acceptors (Lipinski definition) is 0. The molecular formula is C33H27N2+. The average molecular weight is 452 g/mol. The molecule has 0 bridgehead atoms. The lowest BCUT2D eigenvalue weighted by atomic mass is 9.98. The standard InChI is InChI=1S/C33H27N2/c1-4-12-25(13-5-1)29-22-32(26-14-6-2-7-15-26)35(33(23-29)27-16-8-3-9-17-27)21-20-28-24-34-31-19-11-10-18-30(28)31/h1-19,22-24,34H,20-21H2/q+1. The topological polar surface area (TPSA) is 19.7 Å². The summed E-state index contributed by atoms with van der Waals surface area (Å²) in [4.78, 5) is 3.44. The van der Waals surface area contributed by atoms with Crippen molar-refractivity contribution >= 4 is 10.9 Å². The van der Waals surface area contributed by atoms with Crippen LogP contribution in [0, 0.1) is 0 Å². The third-order valence-electron chi connectivity index (χ3n) is 6.69. The largest absolute Gasteiger partial charge is 0.361 e. The molecule has 35 heavy (non-hydrogen) atoms. The minimum absolute atomic E-state index is 0.880. The Morgan fingerprint density at radius 3 is 1.63 bits per heavy atom. The van der Waals surface area contributed by atoms with Crippen LogP contribution in [0.15, 0.2) is 134 Å². The van der Waals surface area contributed by atoms with Gasteiger partial charge in [-0.2, -0.15) is 4.57 Å². The van der Waals surface area contributed by atoms with Gasteiger partial charge < -0.3 is 4.98 Å². The van der Waals surface area contributed by atoms with Crippen LogP contribution >= 0.6 is 0 Å². The van der Waals surface area contributed by atoms with Crippen LogP contribution in [-0.2, 0) is 13.0 Å². The maximum Gasteiger partial charge on any atom is 0.213 e. The number of benzene rings is 4. The smallest absolute Gasteiger partial charge is 0.213 e. The quantitative estimate of drug-likeness (QED) is 0.250. The Kier molecular flexibility index (Phi) is 5.70. The highest BCUT2D eigenvalue weighted by Crippen LogP contribution is 2.29. The molecule has 0 radical (unpaired) electrons. The van der Waals surface area contributed by atoms with Crippen molar-refractivity contribution in [2.24, 2.45) is 0 Å². The van der Waals surface area contributed by atoms with E-state index >= 15 is 0 Å². The number of hydrogen-bond donors (Lipinski definition) is 1. The second kappa shape index (κ2) is 9.44. The van der Waals surface area contributed by atoms with E-state index in [0.29, 0.717) is 0 Å². The number of rotatable bonds is 6. The zero-order valence-electron chi connectivity index (χ0n) is 19.6. The molecule has 0 unspecified atom stereocenters. The average Bonchev–Trinajstić information content (AvgIpc) is 3.36. The van der Waals surface area contributed by atoms with Crippen LogP contribution in [0.5, 0.6) is 0 Å². The maximum absolute atomic E-state index is 3.44. The molecule has 0 fully saturated rings. The molecule has 4 aromatic carbocycles. The molecule has 0 saturated heterocycles. The Morgan fingerprint density at radius 2 is 1.03 bits per heavy atom. The first kappa shape index (κ1) is 21.1. The van der Waals surface area contributed by atoms with E-state index in [4.69, 9.17) is 0 Å². The van der Waals surface area contributed by atoms with Gasteiger partial charge in [-0.1, -0.05) is 84.9 Å². The second-order valence-electron chi connectivity index (χ2n) is 8.87. The zero-order valence-corrected chi connectivity index (χ0v) is 19.6. The molecule has 0 spiro atoms. The van der Waals surface area contributed by atoms with Crippen molar-refractivity contribution in [2.45, 2.75) is 13.0 Å².